The molecule has 5 saturated carbocycles. The molecular weight excluding hydrogens is 418 g/mol. The van der Waals surface area contributed by atoms with Crippen molar-refractivity contribution in [2.45, 2.75) is 82.7 Å². The topological polar surface area (TPSA) is 54.0 Å². The van der Waals surface area contributed by atoms with E-state index in [-0.39, 0.29) is 0 Å². The second-order valence-electron chi connectivity index (χ2n) is 11.4. The van der Waals surface area contributed by atoms with Crippen LogP contribution < -0.4 is 10.6 Å². The van der Waals surface area contributed by atoms with Gasteiger partial charge in [0, 0.05) is 40.8 Å². The van der Waals surface area contributed by atoms with Crippen molar-refractivity contribution in [1.29, 1.82) is 0 Å². The average Bonchev–Trinajstić information content (AvgIpc) is 2.73. The van der Waals surface area contributed by atoms with Crippen LogP contribution in [0, 0.1) is 23.2 Å². The van der Waals surface area contributed by atoms with Crippen LogP contribution in [0.4, 0.5) is 5.69 Å². The molecule has 0 spiro atoms. The molecule has 170 valence electrons. The Morgan fingerprint density at radius 1 is 0.969 bits per heavy atom. The van der Waals surface area contributed by atoms with Crippen molar-refractivity contribution in [1.82, 2.24) is 10.3 Å². The summed E-state index contributed by atoms with van der Waals surface area (Å²) in [6.45, 7) is 0. The molecule has 1 amide bonds. The lowest BCUT2D eigenvalue weighted by molar-refractivity contribution is -0.130. The molecule has 1 aromatic carbocycles. The van der Waals surface area contributed by atoms with Gasteiger partial charge in [0.15, 0.2) is 0 Å². The van der Waals surface area contributed by atoms with Crippen LogP contribution in [-0.4, -0.2) is 23.0 Å². The van der Waals surface area contributed by atoms with Gasteiger partial charge < -0.3 is 10.6 Å². The molecule has 2 aromatic rings. The fourth-order valence-corrected chi connectivity index (χ4v) is 8.14. The van der Waals surface area contributed by atoms with Crippen LogP contribution in [0.15, 0.2) is 30.5 Å². The van der Waals surface area contributed by atoms with Crippen LogP contribution >= 0.6 is 11.6 Å². The van der Waals surface area contributed by atoms with Gasteiger partial charge >= 0.3 is 0 Å². The van der Waals surface area contributed by atoms with Gasteiger partial charge in [-0.3, -0.25) is 9.78 Å². The summed E-state index contributed by atoms with van der Waals surface area (Å²) in [4.78, 5) is 17.4. The van der Waals surface area contributed by atoms with Gasteiger partial charge in [0.05, 0.1) is 5.52 Å². The van der Waals surface area contributed by atoms with E-state index in [1.165, 1.54) is 38.5 Å². The number of hydrogen-bond acceptors (Lipinski definition) is 3. The molecule has 0 saturated heterocycles. The van der Waals surface area contributed by atoms with Crippen LogP contribution in [0.3, 0.4) is 0 Å². The molecular formula is C27H34ClN3O. The highest BCUT2D eigenvalue weighted by molar-refractivity contribution is 6.31. The molecule has 2 N–H and O–H groups in total. The molecule has 5 aliphatic carbocycles. The second kappa shape index (κ2) is 8.20. The monoisotopic (exact) mass is 451 g/mol. The van der Waals surface area contributed by atoms with Gasteiger partial charge in [0.2, 0.25) is 5.91 Å². The van der Waals surface area contributed by atoms with Crippen LogP contribution in [0.1, 0.15) is 70.6 Å². The maximum absolute atomic E-state index is 13.0. The Labute approximate surface area is 195 Å². The van der Waals surface area contributed by atoms with Crippen LogP contribution in [-0.2, 0) is 4.79 Å². The lowest BCUT2D eigenvalue weighted by Crippen LogP contribution is -2.49. The average molecular weight is 452 g/mol. The van der Waals surface area contributed by atoms with Crippen LogP contribution in [0.5, 0.6) is 0 Å². The molecule has 0 radical (unpaired) electrons. The number of carbonyl (C=O) groups excluding carboxylic acids is 1. The Kier molecular flexibility index (Phi) is 5.32. The molecule has 1 aromatic heterocycles. The van der Waals surface area contributed by atoms with Crippen molar-refractivity contribution in [3.05, 3.63) is 35.5 Å². The number of rotatable bonds is 5. The number of benzene rings is 1. The molecule has 5 heteroatoms. The standard InChI is InChI=1S/C27H34ClN3O/c28-20-1-6-23-24(7-8-29-25(23)12-20)30-21-2-4-22(5-3-21)31-26(32)16-27-13-17-9-18(14-27)11-19(10-17)15-27/h1,6-8,12,17-19,21-22H,2-5,9-11,13-16H2,(H,29,30)(H,31,32). The number of amides is 1. The van der Waals surface area contributed by atoms with E-state index in [0.717, 1.165) is 66.4 Å². The Hall–Kier alpha value is -1.81. The van der Waals surface area contributed by atoms with Gasteiger partial charge in [-0.2, -0.15) is 0 Å². The molecule has 5 fully saturated rings. The molecule has 0 atom stereocenters. The zero-order chi connectivity index (χ0) is 21.7. The summed E-state index contributed by atoms with van der Waals surface area (Å²) in [5.74, 6) is 3.06. The van der Waals surface area contributed by atoms with E-state index >= 15 is 0 Å². The predicted molar refractivity (Wildman–Crippen MR) is 130 cm³/mol. The third kappa shape index (κ3) is 4.11. The van der Waals surface area contributed by atoms with E-state index in [4.69, 9.17) is 11.6 Å². The first kappa shape index (κ1) is 20.8. The number of aromatic nitrogens is 1. The van der Waals surface area contributed by atoms with E-state index in [9.17, 15) is 4.79 Å². The fraction of sp³-hybridized carbons (Fsp3) is 0.630. The Morgan fingerprint density at radius 3 is 2.31 bits per heavy atom. The summed E-state index contributed by atoms with van der Waals surface area (Å²) in [6, 6.07) is 8.71. The Bertz CT molecular complexity index is 978. The largest absolute Gasteiger partial charge is 0.382 e. The number of nitrogens with zero attached hydrogens (tertiary/aromatic N) is 1. The number of fused-ring (bicyclic) bond motifs is 1. The lowest BCUT2D eigenvalue weighted by atomic mass is 9.49. The minimum atomic E-state index is 0.320. The summed E-state index contributed by atoms with van der Waals surface area (Å²) in [5, 5.41) is 8.98. The lowest BCUT2D eigenvalue weighted by Gasteiger charge is -2.56. The first-order valence-corrected chi connectivity index (χ1v) is 13.0. The highest BCUT2D eigenvalue weighted by atomic mass is 35.5. The third-order valence-electron chi connectivity index (χ3n) is 8.86. The van der Waals surface area contributed by atoms with Gasteiger partial charge in [0.1, 0.15) is 0 Å². The van der Waals surface area contributed by atoms with E-state index in [2.05, 4.69) is 21.7 Å². The van der Waals surface area contributed by atoms with E-state index in [1.807, 2.05) is 24.4 Å². The van der Waals surface area contributed by atoms with E-state index in [0.29, 0.717) is 28.4 Å². The summed E-state index contributed by atoms with van der Waals surface area (Å²) in [5.41, 5.74) is 2.39. The van der Waals surface area contributed by atoms with Crippen LogP contribution in [0.2, 0.25) is 5.02 Å². The first-order valence-electron chi connectivity index (χ1n) is 12.6. The van der Waals surface area contributed by atoms with Gasteiger partial charge in [-0.05, 0) is 112 Å². The van der Waals surface area contributed by atoms with Crippen molar-refractivity contribution < 1.29 is 4.79 Å². The number of pyridine rings is 1. The molecule has 7 rings (SSSR count). The smallest absolute Gasteiger partial charge is 0.220 e. The van der Waals surface area contributed by atoms with E-state index in [1.54, 1.807) is 0 Å². The van der Waals surface area contributed by atoms with Crippen molar-refractivity contribution >= 4 is 34.1 Å². The van der Waals surface area contributed by atoms with E-state index < -0.39 is 0 Å². The highest BCUT2D eigenvalue weighted by Gasteiger charge is 2.51. The zero-order valence-corrected chi connectivity index (χ0v) is 19.5. The van der Waals surface area contributed by atoms with Gasteiger partial charge in [-0.25, -0.2) is 0 Å². The molecule has 32 heavy (non-hydrogen) atoms. The predicted octanol–water partition coefficient (Wildman–Crippen LogP) is 6.33. The van der Waals surface area contributed by atoms with Gasteiger partial charge in [-0.1, -0.05) is 11.6 Å². The SMILES string of the molecule is O=C(CC12CC3CC(CC(C3)C1)C2)NC1CCC(Nc2ccnc3cc(Cl)ccc23)CC1. The second-order valence-corrected chi connectivity index (χ2v) is 11.8. The number of carbonyl (C=O) groups is 1. The molecule has 0 unspecified atom stereocenters. The number of nitrogens with one attached hydrogen (secondary N) is 2. The number of hydrogen-bond donors (Lipinski definition) is 2. The third-order valence-corrected chi connectivity index (χ3v) is 9.09. The van der Waals surface area contributed by atoms with Crippen LogP contribution in [0.25, 0.3) is 10.9 Å². The summed E-state index contributed by atoms with van der Waals surface area (Å²) in [7, 11) is 0. The summed E-state index contributed by atoms with van der Waals surface area (Å²) < 4.78 is 0. The molecule has 4 bridgehead atoms. The fourth-order valence-electron chi connectivity index (χ4n) is 7.97. The zero-order valence-electron chi connectivity index (χ0n) is 18.8. The van der Waals surface area contributed by atoms with Gasteiger partial charge in [-0.15, -0.1) is 0 Å². The van der Waals surface area contributed by atoms with Crippen molar-refractivity contribution in [3.63, 3.8) is 0 Å². The molecule has 0 aliphatic heterocycles. The minimum absolute atomic E-state index is 0.320. The maximum Gasteiger partial charge on any atom is 0.220 e. The molecule has 5 aliphatic rings. The van der Waals surface area contributed by atoms with Gasteiger partial charge in [0.25, 0.3) is 0 Å². The molecule has 1 heterocycles. The number of anilines is 1. The first-order chi connectivity index (χ1) is 15.5. The van der Waals surface area contributed by atoms with Crippen molar-refractivity contribution in [2.24, 2.45) is 23.2 Å². The number of halogens is 1. The van der Waals surface area contributed by atoms with Crippen molar-refractivity contribution in [3.8, 4) is 0 Å². The minimum Gasteiger partial charge on any atom is -0.382 e. The maximum atomic E-state index is 13.0. The normalized spacial score (nSPS) is 35.7. The summed E-state index contributed by atoms with van der Waals surface area (Å²) in [6.07, 6.45) is 15.2. The highest BCUT2D eigenvalue weighted by Crippen LogP contribution is 2.61. The quantitative estimate of drug-likeness (QED) is 0.558. The Morgan fingerprint density at radius 2 is 1.62 bits per heavy atom. The Balaban J connectivity index is 1.02. The summed E-state index contributed by atoms with van der Waals surface area (Å²) >= 11 is 6.12. The molecule has 4 nitrogen and oxygen atoms in total. The van der Waals surface area contributed by atoms with Crippen molar-refractivity contribution in [2.75, 3.05) is 5.32 Å².